The number of aliphatic hydroxyl groups excluding tert-OH is 1. The molecule has 4 aromatic heterocycles. The van der Waals surface area contributed by atoms with Crippen molar-refractivity contribution < 1.29 is 23.1 Å². The minimum Gasteiger partial charge on any atom is -0.414 e. The van der Waals surface area contributed by atoms with Gasteiger partial charge in [-0.05, 0) is 29.8 Å². The molecule has 40 heavy (non-hydrogen) atoms. The van der Waals surface area contributed by atoms with Gasteiger partial charge in [0.2, 0.25) is 0 Å². The molecule has 1 aliphatic heterocycles. The van der Waals surface area contributed by atoms with Crippen molar-refractivity contribution in [2.45, 2.75) is 12.1 Å². The lowest BCUT2D eigenvalue weighted by molar-refractivity contribution is -0.0278. The molecule has 13 heteroatoms. The van der Waals surface area contributed by atoms with Crippen LogP contribution < -0.4 is 16.0 Å². The van der Waals surface area contributed by atoms with Crippen LogP contribution in [0.15, 0.2) is 83.5 Å². The maximum atomic E-state index is 14.2. The molecule has 200 valence electrons. The number of pyridine rings is 3. The molecule has 1 aromatic carbocycles. The Bertz CT molecular complexity index is 1680. The molecule has 0 fully saturated rings. The number of nitrogens with zero attached hydrogens (tertiary/aromatic N) is 5. The summed E-state index contributed by atoms with van der Waals surface area (Å²) in [6.45, 7) is -0.236. The van der Waals surface area contributed by atoms with Gasteiger partial charge in [0.25, 0.3) is 17.7 Å². The summed E-state index contributed by atoms with van der Waals surface area (Å²) in [7, 11) is 0. The Morgan fingerprint density at radius 2 is 1.75 bits per heavy atom. The number of fused-ring (bicyclic) bond motifs is 1. The zero-order chi connectivity index (χ0) is 27.7. The summed E-state index contributed by atoms with van der Waals surface area (Å²) < 4.78 is 34.2. The minimum absolute atomic E-state index is 0.0538. The van der Waals surface area contributed by atoms with E-state index in [1.807, 2.05) is 30.3 Å². The molecular weight excluding hydrogens is 522 g/mol. The minimum atomic E-state index is -3.58. The average Bonchev–Trinajstić information content (AvgIpc) is 3.55. The maximum Gasteiger partial charge on any atom is 0.370 e. The number of aromatic nitrogens is 5. The van der Waals surface area contributed by atoms with Gasteiger partial charge in [-0.25, -0.2) is 9.97 Å². The molecule has 0 spiro atoms. The Morgan fingerprint density at radius 3 is 2.52 bits per heavy atom. The Kier molecular flexibility index (Phi) is 6.32. The van der Waals surface area contributed by atoms with Crippen LogP contribution in [0.1, 0.15) is 27.7 Å². The van der Waals surface area contributed by atoms with Crippen molar-refractivity contribution in [3.8, 4) is 23.0 Å². The van der Waals surface area contributed by atoms with Gasteiger partial charge in [0.1, 0.15) is 23.0 Å². The molecular formula is C27H20F2N8O3. The van der Waals surface area contributed by atoms with Crippen molar-refractivity contribution in [1.82, 2.24) is 30.5 Å². The molecule has 1 atom stereocenters. The molecule has 0 radical (unpaired) electrons. The van der Waals surface area contributed by atoms with Gasteiger partial charge < -0.3 is 20.2 Å². The first-order valence-corrected chi connectivity index (χ1v) is 12.1. The molecule has 0 saturated carbocycles. The molecule has 4 N–H and O–H groups in total. The topological polar surface area (TPSA) is 151 Å². The zero-order valence-electron chi connectivity index (χ0n) is 20.5. The number of nitrogens with one attached hydrogen (secondary N) is 3. The van der Waals surface area contributed by atoms with Gasteiger partial charge in [-0.2, -0.15) is 8.78 Å². The fraction of sp³-hybridized carbons (Fsp3) is 0.111. The molecule has 0 aliphatic carbocycles. The van der Waals surface area contributed by atoms with Gasteiger partial charge in [-0.1, -0.05) is 36.4 Å². The number of hydrogen-bond donors (Lipinski definition) is 4. The number of hydrogen-bond acceptors (Lipinski definition) is 10. The van der Waals surface area contributed by atoms with E-state index in [0.29, 0.717) is 16.9 Å². The first kappa shape index (κ1) is 25.0. The monoisotopic (exact) mass is 542 g/mol. The predicted molar refractivity (Wildman–Crippen MR) is 140 cm³/mol. The van der Waals surface area contributed by atoms with Crippen molar-refractivity contribution in [1.29, 1.82) is 0 Å². The van der Waals surface area contributed by atoms with E-state index in [-0.39, 0.29) is 35.6 Å². The summed E-state index contributed by atoms with van der Waals surface area (Å²) >= 11 is 0. The molecule has 0 bridgehead atoms. The molecule has 1 aliphatic rings. The first-order chi connectivity index (χ1) is 19.4. The molecule has 0 saturated heterocycles. The largest absolute Gasteiger partial charge is 0.414 e. The summed E-state index contributed by atoms with van der Waals surface area (Å²) in [5, 5.41) is 26.2. The van der Waals surface area contributed by atoms with Crippen LogP contribution in [-0.4, -0.2) is 42.8 Å². The van der Waals surface area contributed by atoms with Gasteiger partial charge in [0, 0.05) is 18.5 Å². The number of benzene rings is 1. The third kappa shape index (κ3) is 4.80. The highest BCUT2D eigenvalue weighted by Crippen LogP contribution is 2.35. The molecule has 5 heterocycles. The standard InChI is InChI=1S/C27H20F2N8O3/c28-27(29)23-16(24(39)35-27)9-10-21(34-23)33-22-12-19(32-20(14-38)15-6-2-1-3-7-15)17(13-31-22)25-36-37-26(40-25)18-8-4-5-11-30-18/h1-13,20,38H,14H2,(H,35,39)(H2,31,32,33,34)/t20-/m1/s1. The summed E-state index contributed by atoms with van der Waals surface area (Å²) in [4.78, 5) is 24.3. The van der Waals surface area contributed by atoms with E-state index in [4.69, 9.17) is 4.42 Å². The van der Waals surface area contributed by atoms with Crippen molar-refractivity contribution in [3.05, 3.63) is 95.9 Å². The smallest absolute Gasteiger partial charge is 0.370 e. The average molecular weight is 543 g/mol. The molecule has 6 rings (SSSR count). The highest BCUT2D eigenvalue weighted by Gasteiger charge is 2.45. The lowest BCUT2D eigenvalue weighted by Crippen LogP contribution is -2.30. The van der Waals surface area contributed by atoms with Gasteiger partial charge >= 0.3 is 6.05 Å². The lowest BCUT2D eigenvalue weighted by atomic mass is 10.1. The number of alkyl halides is 2. The van der Waals surface area contributed by atoms with Crippen LogP contribution in [0.5, 0.6) is 0 Å². The van der Waals surface area contributed by atoms with Crippen LogP contribution in [0.3, 0.4) is 0 Å². The Balaban J connectivity index is 1.36. The van der Waals surface area contributed by atoms with Gasteiger partial charge in [0.05, 0.1) is 29.5 Å². The Hall–Kier alpha value is -5.30. The quantitative estimate of drug-likeness (QED) is 0.209. The van der Waals surface area contributed by atoms with E-state index in [0.717, 1.165) is 5.56 Å². The fourth-order valence-corrected chi connectivity index (χ4v) is 4.20. The van der Waals surface area contributed by atoms with Crippen molar-refractivity contribution in [2.75, 3.05) is 17.2 Å². The highest BCUT2D eigenvalue weighted by molar-refractivity contribution is 5.99. The third-order valence-electron chi connectivity index (χ3n) is 6.12. The van der Waals surface area contributed by atoms with Crippen molar-refractivity contribution in [2.24, 2.45) is 0 Å². The molecule has 1 amide bonds. The fourth-order valence-electron chi connectivity index (χ4n) is 4.20. The van der Waals surface area contributed by atoms with E-state index in [9.17, 15) is 18.7 Å². The Morgan fingerprint density at radius 1 is 0.950 bits per heavy atom. The lowest BCUT2D eigenvalue weighted by Gasteiger charge is -2.20. The molecule has 5 aromatic rings. The second kappa shape index (κ2) is 10.1. The number of carbonyl (C=O) groups is 1. The van der Waals surface area contributed by atoms with Crippen molar-refractivity contribution in [3.63, 3.8) is 0 Å². The van der Waals surface area contributed by atoms with Crippen LogP contribution in [0.25, 0.3) is 23.0 Å². The van der Waals surface area contributed by atoms with Crippen LogP contribution in [0.2, 0.25) is 0 Å². The van der Waals surface area contributed by atoms with Crippen molar-refractivity contribution >= 4 is 23.2 Å². The second-order valence-electron chi connectivity index (χ2n) is 8.78. The van der Waals surface area contributed by atoms with E-state index in [1.54, 1.807) is 35.8 Å². The van der Waals surface area contributed by atoms with Gasteiger partial charge in [-0.3, -0.25) is 15.1 Å². The number of rotatable bonds is 8. The van der Waals surface area contributed by atoms with E-state index < -0.39 is 23.7 Å². The number of halogens is 2. The number of amides is 1. The van der Waals surface area contributed by atoms with Crippen LogP contribution in [0, 0.1) is 0 Å². The maximum absolute atomic E-state index is 14.2. The predicted octanol–water partition coefficient (Wildman–Crippen LogP) is 4.27. The van der Waals surface area contributed by atoms with Crippen LogP contribution >= 0.6 is 0 Å². The molecule has 11 nitrogen and oxygen atoms in total. The van der Waals surface area contributed by atoms with Crippen LogP contribution in [-0.2, 0) is 6.05 Å². The van der Waals surface area contributed by atoms with E-state index in [1.165, 1.54) is 18.3 Å². The normalized spacial score (nSPS) is 14.3. The van der Waals surface area contributed by atoms with E-state index >= 15 is 0 Å². The van der Waals surface area contributed by atoms with Gasteiger partial charge in [-0.15, -0.1) is 10.2 Å². The first-order valence-electron chi connectivity index (χ1n) is 12.1. The summed E-state index contributed by atoms with van der Waals surface area (Å²) in [6.07, 6.45) is 3.07. The number of carbonyl (C=O) groups excluding carboxylic acids is 1. The van der Waals surface area contributed by atoms with Crippen LogP contribution in [0.4, 0.5) is 26.1 Å². The highest BCUT2D eigenvalue weighted by atomic mass is 19.3. The number of anilines is 3. The zero-order valence-corrected chi connectivity index (χ0v) is 20.5. The summed E-state index contributed by atoms with van der Waals surface area (Å²) in [5.74, 6) is -0.246. The van der Waals surface area contributed by atoms with E-state index in [2.05, 4.69) is 35.8 Å². The van der Waals surface area contributed by atoms with Gasteiger partial charge in [0.15, 0.2) is 0 Å². The third-order valence-corrected chi connectivity index (χ3v) is 6.12. The summed E-state index contributed by atoms with van der Waals surface area (Å²) in [6, 6.07) is 14.8. The number of aliphatic hydroxyl groups is 1. The SMILES string of the molecule is O=C1NC(F)(F)c2nc(Nc3cc(N[C@H](CO)c4ccccc4)c(-c4nnc(-c5ccccn5)o4)cn3)ccc21. The summed E-state index contributed by atoms with van der Waals surface area (Å²) in [5.41, 5.74) is 1.33. The Labute approximate surface area is 225 Å². The molecule has 0 unspecified atom stereocenters. The second-order valence-corrected chi connectivity index (χ2v) is 8.78.